The lowest BCUT2D eigenvalue weighted by Gasteiger charge is -2.18. The molecule has 80 valence electrons. The summed E-state index contributed by atoms with van der Waals surface area (Å²) >= 11 is 0. The van der Waals surface area contributed by atoms with Crippen molar-refractivity contribution in [2.75, 3.05) is 19.6 Å². The van der Waals surface area contributed by atoms with Crippen LogP contribution >= 0.6 is 0 Å². The van der Waals surface area contributed by atoms with E-state index in [4.69, 9.17) is 10.2 Å². The van der Waals surface area contributed by atoms with Crippen LogP contribution in [-0.2, 0) is 9.59 Å². The number of carbonyl (C=O) groups is 2. The van der Waals surface area contributed by atoms with Gasteiger partial charge in [-0.15, -0.1) is 6.58 Å². The number of rotatable bonds is 8. The molecule has 0 saturated carbocycles. The van der Waals surface area contributed by atoms with E-state index in [2.05, 4.69) is 6.58 Å². The SMILES string of the molecule is C=CCN(CCC(=O)O)CCC(=O)O. The summed E-state index contributed by atoms with van der Waals surface area (Å²) in [5.41, 5.74) is 0. The summed E-state index contributed by atoms with van der Waals surface area (Å²) in [6.07, 6.45) is 1.67. The molecule has 5 nitrogen and oxygen atoms in total. The first kappa shape index (κ1) is 12.6. The summed E-state index contributed by atoms with van der Waals surface area (Å²) < 4.78 is 0. The van der Waals surface area contributed by atoms with Crippen molar-refractivity contribution in [3.63, 3.8) is 0 Å². The Morgan fingerprint density at radius 2 is 1.57 bits per heavy atom. The van der Waals surface area contributed by atoms with Gasteiger partial charge in [-0.2, -0.15) is 0 Å². The topological polar surface area (TPSA) is 77.8 Å². The highest BCUT2D eigenvalue weighted by molar-refractivity contribution is 5.67. The van der Waals surface area contributed by atoms with E-state index in [9.17, 15) is 9.59 Å². The highest BCUT2D eigenvalue weighted by Gasteiger charge is 2.07. The third kappa shape index (κ3) is 7.30. The summed E-state index contributed by atoms with van der Waals surface area (Å²) in [5, 5.41) is 16.9. The normalized spacial score (nSPS) is 10.1. The second-order valence-electron chi connectivity index (χ2n) is 2.88. The Balaban J connectivity index is 3.81. The minimum atomic E-state index is -0.880. The first-order valence-corrected chi connectivity index (χ1v) is 4.33. The molecule has 0 aromatic rings. The maximum atomic E-state index is 10.3. The molecule has 0 rings (SSSR count). The van der Waals surface area contributed by atoms with Crippen LogP contribution in [-0.4, -0.2) is 46.7 Å². The zero-order valence-electron chi connectivity index (χ0n) is 7.98. The van der Waals surface area contributed by atoms with Gasteiger partial charge in [0.15, 0.2) is 0 Å². The van der Waals surface area contributed by atoms with Crippen molar-refractivity contribution < 1.29 is 19.8 Å². The van der Waals surface area contributed by atoms with E-state index >= 15 is 0 Å². The molecule has 0 aromatic heterocycles. The maximum absolute atomic E-state index is 10.3. The molecule has 0 aliphatic heterocycles. The summed E-state index contributed by atoms with van der Waals surface area (Å²) in [6.45, 7) is 4.74. The summed E-state index contributed by atoms with van der Waals surface area (Å²) in [7, 11) is 0. The largest absolute Gasteiger partial charge is 0.481 e. The molecule has 14 heavy (non-hydrogen) atoms. The number of hydrogen-bond donors (Lipinski definition) is 2. The Morgan fingerprint density at radius 1 is 1.14 bits per heavy atom. The number of aliphatic carboxylic acids is 2. The monoisotopic (exact) mass is 201 g/mol. The second kappa shape index (κ2) is 7.08. The fraction of sp³-hybridized carbons (Fsp3) is 0.556. The highest BCUT2D eigenvalue weighted by Crippen LogP contribution is 1.95. The van der Waals surface area contributed by atoms with Gasteiger partial charge in [0.2, 0.25) is 0 Å². The molecule has 0 aromatic carbocycles. The average Bonchev–Trinajstić information content (AvgIpc) is 2.09. The van der Waals surface area contributed by atoms with E-state index in [1.54, 1.807) is 11.0 Å². The fourth-order valence-electron chi connectivity index (χ4n) is 0.984. The number of carboxylic acid groups (broad SMARTS) is 2. The molecule has 0 spiro atoms. The predicted octanol–water partition coefficient (Wildman–Crippen LogP) is 0.424. The first-order chi connectivity index (χ1) is 6.56. The van der Waals surface area contributed by atoms with Crippen molar-refractivity contribution in [1.82, 2.24) is 4.90 Å². The van der Waals surface area contributed by atoms with Gasteiger partial charge in [-0.1, -0.05) is 6.08 Å². The quantitative estimate of drug-likeness (QED) is 0.556. The van der Waals surface area contributed by atoms with Gasteiger partial charge in [0, 0.05) is 19.6 Å². The van der Waals surface area contributed by atoms with Gasteiger partial charge >= 0.3 is 11.9 Å². The van der Waals surface area contributed by atoms with Crippen LogP contribution in [0.1, 0.15) is 12.8 Å². The third-order valence-corrected chi connectivity index (χ3v) is 1.67. The summed E-state index contributed by atoms with van der Waals surface area (Å²) in [4.78, 5) is 22.3. The molecule has 0 bridgehead atoms. The Morgan fingerprint density at radius 3 is 1.86 bits per heavy atom. The van der Waals surface area contributed by atoms with Crippen molar-refractivity contribution in [2.24, 2.45) is 0 Å². The molecule has 5 heteroatoms. The number of carboxylic acids is 2. The number of hydrogen-bond acceptors (Lipinski definition) is 3. The van der Waals surface area contributed by atoms with E-state index in [0.717, 1.165) is 0 Å². The van der Waals surface area contributed by atoms with Crippen molar-refractivity contribution >= 4 is 11.9 Å². The molecule has 0 aliphatic rings. The zero-order chi connectivity index (χ0) is 11.0. The Hall–Kier alpha value is -1.36. The molecule has 0 unspecified atom stereocenters. The maximum Gasteiger partial charge on any atom is 0.304 e. The van der Waals surface area contributed by atoms with Crippen molar-refractivity contribution in [3.8, 4) is 0 Å². The van der Waals surface area contributed by atoms with Gasteiger partial charge in [-0.25, -0.2) is 0 Å². The van der Waals surface area contributed by atoms with Crippen LogP contribution < -0.4 is 0 Å². The summed E-state index contributed by atoms with van der Waals surface area (Å²) in [6, 6.07) is 0. The van der Waals surface area contributed by atoms with Gasteiger partial charge in [0.1, 0.15) is 0 Å². The van der Waals surface area contributed by atoms with E-state index in [1.165, 1.54) is 0 Å². The van der Waals surface area contributed by atoms with Crippen LogP contribution in [0.15, 0.2) is 12.7 Å². The summed E-state index contributed by atoms with van der Waals surface area (Å²) in [5.74, 6) is -1.76. The lowest BCUT2D eigenvalue weighted by Crippen LogP contribution is -2.29. The first-order valence-electron chi connectivity index (χ1n) is 4.33. The van der Waals surface area contributed by atoms with Gasteiger partial charge in [0.05, 0.1) is 12.8 Å². The van der Waals surface area contributed by atoms with Crippen LogP contribution in [0.5, 0.6) is 0 Å². The van der Waals surface area contributed by atoms with Crippen molar-refractivity contribution in [1.29, 1.82) is 0 Å². The minimum absolute atomic E-state index is 0.0213. The van der Waals surface area contributed by atoms with Gasteiger partial charge < -0.3 is 10.2 Å². The van der Waals surface area contributed by atoms with Gasteiger partial charge in [-0.3, -0.25) is 14.5 Å². The molecular weight excluding hydrogens is 186 g/mol. The van der Waals surface area contributed by atoms with Crippen LogP contribution in [0.25, 0.3) is 0 Å². The molecule has 0 aliphatic carbocycles. The van der Waals surface area contributed by atoms with Crippen LogP contribution in [0.3, 0.4) is 0 Å². The van der Waals surface area contributed by atoms with Gasteiger partial charge in [0.25, 0.3) is 0 Å². The molecule has 0 heterocycles. The number of nitrogens with zero attached hydrogens (tertiary/aromatic N) is 1. The van der Waals surface area contributed by atoms with Crippen LogP contribution in [0.2, 0.25) is 0 Å². The molecular formula is C9H15NO4. The molecule has 0 saturated heterocycles. The predicted molar refractivity (Wildman–Crippen MR) is 51.1 cm³/mol. The lowest BCUT2D eigenvalue weighted by atomic mass is 10.3. The Kier molecular flexibility index (Phi) is 6.39. The lowest BCUT2D eigenvalue weighted by molar-refractivity contribution is -0.137. The van der Waals surface area contributed by atoms with E-state index < -0.39 is 11.9 Å². The molecule has 2 N–H and O–H groups in total. The second-order valence-corrected chi connectivity index (χ2v) is 2.88. The Labute approximate surface area is 82.6 Å². The molecule has 0 fully saturated rings. The third-order valence-electron chi connectivity index (χ3n) is 1.67. The average molecular weight is 201 g/mol. The minimum Gasteiger partial charge on any atom is -0.481 e. The molecule has 0 atom stereocenters. The Bertz CT molecular complexity index is 197. The van der Waals surface area contributed by atoms with Crippen molar-refractivity contribution in [2.45, 2.75) is 12.8 Å². The zero-order valence-corrected chi connectivity index (χ0v) is 7.98. The van der Waals surface area contributed by atoms with Crippen LogP contribution in [0, 0.1) is 0 Å². The fourth-order valence-corrected chi connectivity index (χ4v) is 0.984. The van der Waals surface area contributed by atoms with E-state index in [0.29, 0.717) is 19.6 Å². The highest BCUT2D eigenvalue weighted by atomic mass is 16.4. The van der Waals surface area contributed by atoms with Gasteiger partial charge in [-0.05, 0) is 0 Å². The smallest absolute Gasteiger partial charge is 0.304 e. The van der Waals surface area contributed by atoms with Crippen LogP contribution in [0.4, 0.5) is 0 Å². The van der Waals surface area contributed by atoms with E-state index in [-0.39, 0.29) is 12.8 Å². The van der Waals surface area contributed by atoms with Crippen molar-refractivity contribution in [3.05, 3.63) is 12.7 Å². The molecule has 0 amide bonds. The van der Waals surface area contributed by atoms with E-state index in [1.807, 2.05) is 0 Å². The standard InChI is InChI=1S/C9H15NO4/c1-2-5-10(6-3-8(11)12)7-4-9(13)14/h2H,1,3-7H2,(H,11,12)(H,13,14). The molecule has 0 radical (unpaired) electrons.